The lowest BCUT2D eigenvalue weighted by Crippen LogP contribution is -2.34. The van der Waals surface area contributed by atoms with Crippen molar-refractivity contribution in [2.24, 2.45) is 0 Å². The van der Waals surface area contributed by atoms with Gasteiger partial charge in [0.15, 0.2) is 0 Å². The molecule has 1 aliphatic heterocycles. The average molecular weight is 242 g/mol. The summed E-state index contributed by atoms with van der Waals surface area (Å²) in [5, 5.41) is 8.16. The highest BCUT2D eigenvalue weighted by atomic mass is 16.2. The van der Waals surface area contributed by atoms with E-state index in [1.54, 1.807) is 12.4 Å². The molecule has 1 aliphatic rings. The van der Waals surface area contributed by atoms with Gasteiger partial charge in [0.2, 0.25) is 0 Å². The SMILES string of the molecule is CC1=CCN(C(=O)c2cnn3ncccc23)CC1. The van der Waals surface area contributed by atoms with Gasteiger partial charge in [-0.25, -0.2) is 0 Å². The second kappa shape index (κ2) is 4.25. The first-order valence-electron chi connectivity index (χ1n) is 5.99. The molecule has 5 heteroatoms. The van der Waals surface area contributed by atoms with E-state index in [0.29, 0.717) is 12.1 Å². The molecule has 0 N–H and O–H groups in total. The van der Waals surface area contributed by atoms with Gasteiger partial charge in [-0.3, -0.25) is 4.79 Å². The van der Waals surface area contributed by atoms with E-state index in [1.807, 2.05) is 17.0 Å². The van der Waals surface area contributed by atoms with Gasteiger partial charge < -0.3 is 4.90 Å². The molecule has 3 rings (SSSR count). The molecule has 5 nitrogen and oxygen atoms in total. The topological polar surface area (TPSA) is 50.5 Å². The van der Waals surface area contributed by atoms with E-state index >= 15 is 0 Å². The molecule has 2 aromatic heterocycles. The summed E-state index contributed by atoms with van der Waals surface area (Å²) in [5.41, 5.74) is 2.73. The predicted octanol–water partition coefficient (Wildman–Crippen LogP) is 1.52. The summed E-state index contributed by atoms with van der Waals surface area (Å²) in [4.78, 5) is 14.2. The molecule has 0 fully saturated rings. The van der Waals surface area contributed by atoms with E-state index < -0.39 is 0 Å². The normalized spacial score (nSPS) is 15.8. The smallest absolute Gasteiger partial charge is 0.258 e. The Kier molecular flexibility index (Phi) is 2.59. The Morgan fingerprint density at radius 1 is 1.39 bits per heavy atom. The molecule has 0 spiro atoms. The first kappa shape index (κ1) is 11.0. The number of carbonyl (C=O) groups excluding carboxylic acids is 1. The molecule has 0 atom stereocenters. The number of carbonyl (C=O) groups is 1. The lowest BCUT2D eigenvalue weighted by molar-refractivity contribution is 0.0771. The molecule has 0 unspecified atom stereocenters. The number of hydrogen-bond acceptors (Lipinski definition) is 3. The molecule has 2 aromatic rings. The molecule has 0 aliphatic carbocycles. The van der Waals surface area contributed by atoms with Crippen molar-refractivity contribution in [3.8, 4) is 0 Å². The van der Waals surface area contributed by atoms with E-state index in [1.165, 1.54) is 10.2 Å². The molecule has 0 saturated heterocycles. The number of aromatic nitrogens is 3. The molecule has 0 aromatic carbocycles. The van der Waals surface area contributed by atoms with Gasteiger partial charge >= 0.3 is 0 Å². The van der Waals surface area contributed by atoms with E-state index in [-0.39, 0.29) is 5.91 Å². The highest BCUT2D eigenvalue weighted by molar-refractivity contribution is 6.00. The fraction of sp³-hybridized carbons (Fsp3) is 0.308. The van der Waals surface area contributed by atoms with Gasteiger partial charge in [-0.1, -0.05) is 11.6 Å². The van der Waals surface area contributed by atoms with Gasteiger partial charge in [0.05, 0.1) is 11.8 Å². The largest absolute Gasteiger partial charge is 0.334 e. The van der Waals surface area contributed by atoms with Crippen molar-refractivity contribution >= 4 is 11.4 Å². The maximum absolute atomic E-state index is 12.4. The second-order valence-corrected chi connectivity index (χ2v) is 4.51. The number of nitrogens with zero attached hydrogens (tertiary/aromatic N) is 4. The zero-order valence-corrected chi connectivity index (χ0v) is 10.2. The Bertz CT molecular complexity index is 629. The molecule has 1 amide bonds. The molecular formula is C13H14N4O. The number of rotatable bonds is 1. The fourth-order valence-corrected chi connectivity index (χ4v) is 2.12. The molecule has 0 bridgehead atoms. The summed E-state index contributed by atoms with van der Waals surface area (Å²) in [7, 11) is 0. The van der Waals surface area contributed by atoms with Crippen LogP contribution in [0.5, 0.6) is 0 Å². The zero-order chi connectivity index (χ0) is 12.5. The van der Waals surface area contributed by atoms with Gasteiger partial charge in [-0.15, -0.1) is 0 Å². The highest BCUT2D eigenvalue weighted by Gasteiger charge is 2.20. The Balaban J connectivity index is 1.93. The fourth-order valence-electron chi connectivity index (χ4n) is 2.12. The van der Waals surface area contributed by atoms with Crippen molar-refractivity contribution in [2.75, 3.05) is 13.1 Å². The third-order valence-corrected chi connectivity index (χ3v) is 3.26. The Hall–Kier alpha value is -2.17. The maximum atomic E-state index is 12.4. The Labute approximate surface area is 105 Å². The quantitative estimate of drug-likeness (QED) is 0.712. The van der Waals surface area contributed by atoms with Gasteiger partial charge in [-0.2, -0.15) is 14.8 Å². The molecule has 18 heavy (non-hydrogen) atoms. The van der Waals surface area contributed by atoms with Gasteiger partial charge in [-0.05, 0) is 25.5 Å². The van der Waals surface area contributed by atoms with E-state index in [2.05, 4.69) is 23.2 Å². The minimum atomic E-state index is 0.0294. The van der Waals surface area contributed by atoms with Crippen LogP contribution in [0.4, 0.5) is 0 Å². The van der Waals surface area contributed by atoms with Crippen LogP contribution in [0.3, 0.4) is 0 Å². The minimum Gasteiger partial charge on any atom is -0.334 e. The first-order valence-corrected chi connectivity index (χ1v) is 5.99. The van der Waals surface area contributed by atoms with Crippen LogP contribution in [0.15, 0.2) is 36.2 Å². The summed E-state index contributed by atoms with van der Waals surface area (Å²) >= 11 is 0. The molecule has 0 saturated carbocycles. The zero-order valence-electron chi connectivity index (χ0n) is 10.2. The highest BCUT2D eigenvalue weighted by Crippen LogP contribution is 2.16. The number of hydrogen-bond donors (Lipinski definition) is 0. The first-order chi connectivity index (χ1) is 8.75. The van der Waals surface area contributed by atoms with Crippen molar-refractivity contribution in [3.63, 3.8) is 0 Å². The molecule has 0 radical (unpaired) electrons. The van der Waals surface area contributed by atoms with Gasteiger partial charge in [0.25, 0.3) is 5.91 Å². The van der Waals surface area contributed by atoms with Crippen molar-refractivity contribution in [1.29, 1.82) is 0 Å². The minimum absolute atomic E-state index is 0.0294. The lowest BCUT2D eigenvalue weighted by Gasteiger charge is -2.25. The van der Waals surface area contributed by atoms with Gasteiger partial charge in [0.1, 0.15) is 5.52 Å². The Morgan fingerprint density at radius 3 is 3.06 bits per heavy atom. The van der Waals surface area contributed by atoms with Crippen LogP contribution < -0.4 is 0 Å². The molecule has 92 valence electrons. The van der Waals surface area contributed by atoms with Crippen molar-refractivity contribution in [1.82, 2.24) is 19.7 Å². The second-order valence-electron chi connectivity index (χ2n) is 4.51. The van der Waals surface area contributed by atoms with Crippen LogP contribution in [-0.4, -0.2) is 38.7 Å². The van der Waals surface area contributed by atoms with Crippen LogP contribution in [-0.2, 0) is 0 Å². The standard InChI is InChI=1S/C13H14N4O/c1-10-4-7-16(8-5-10)13(18)11-9-15-17-12(11)3-2-6-14-17/h2-4,6,9H,5,7-8H2,1H3. The van der Waals surface area contributed by atoms with Crippen molar-refractivity contribution in [2.45, 2.75) is 13.3 Å². The predicted molar refractivity (Wildman–Crippen MR) is 67.3 cm³/mol. The summed E-state index contributed by atoms with van der Waals surface area (Å²) in [6.07, 6.45) is 6.30. The van der Waals surface area contributed by atoms with Crippen molar-refractivity contribution < 1.29 is 4.79 Å². The number of amides is 1. The molecule has 3 heterocycles. The summed E-state index contributed by atoms with van der Waals surface area (Å²) in [6.45, 7) is 3.56. The number of fused-ring (bicyclic) bond motifs is 1. The third-order valence-electron chi connectivity index (χ3n) is 3.26. The van der Waals surface area contributed by atoms with Gasteiger partial charge in [0, 0.05) is 19.3 Å². The third kappa shape index (κ3) is 1.77. The van der Waals surface area contributed by atoms with Crippen LogP contribution in [0.1, 0.15) is 23.7 Å². The van der Waals surface area contributed by atoms with Crippen LogP contribution >= 0.6 is 0 Å². The average Bonchev–Trinajstić information content (AvgIpc) is 2.82. The summed E-state index contributed by atoms with van der Waals surface area (Å²) < 4.78 is 1.48. The maximum Gasteiger partial charge on any atom is 0.258 e. The van der Waals surface area contributed by atoms with Crippen LogP contribution in [0.2, 0.25) is 0 Å². The molecular weight excluding hydrogens is 228 g/mol. The monoisotopic (exact) mass is 242 g/mol. The van der Waals surface area contributed by atoms with Crippen LogP contribution in [0, 0.1) is 0 Å². The van der Waals surface area contributed by atoms with Crippen molar-refractivity contribution in [3.05, 3.63) is 41.7 Å². The summed E-state index contributed by atoms with van der Waals surface area (Å²) in [5.74, 6) is 0.0294. The van der Waals surface area contributed by atoms with E-state index in [9.17, 15) is 4.79 Å². The Morgan fingerprint density at radius 2 is 2.28 bits per heavy atom. The lowest BCUT2D eigenvalue weighted by atomic mass is 10.1. The summed E-state index contributed by atoms with van der Waals surface area (Å²) in [6, 6.07) is 3.67. The van der Waals surface area contributed by atoms with Crippen LogP contribution in [0.25, 0.3) is 5.52 Å². The van der Waals surface area contributed by atoms with E-state index in [4.69, 9.17) is 0 Å². The van der Waals surface area contributed by atoms with E-state index in [0.717, 1.165) is 18.5 Å².